The summed E-state index contributed by atoms with van der Waals surface area (Å²) >= 11 is 0. The van der Waals surface area contributed by atoms with Crippen molar-refractivity contribution in [3.8, 4) is 0 Å². The number of aliphatic hydroxyl groups is 1. The molecule has 520 valence electrons. The van der Waals surface area contributed by atoms with Crippen LogP contribution < -0.4 is 10.2 Å². The molecule has 87 heavy (non-hydrogen) atoms. The average Bonchev–Trinajstić information content (AvgIpc) is 3.71. The highest BCUT2D eigenvalue weighted by Crippen LogP contribution is 2.38. The van der Waals surface area contributed by atoms with Gasteiger partial charge in [-0.1, -0.05) is 398 Å². The topological polar surface area (TPSA) is 108 Å². The Balaban J connectivity index is 3.85. The molecule has 9 heteroatoms. The Morgan fingerprint density at radius 1 is 0.391 bits per heavy atom. The number of rotatable bonds is 75. The smallest absolute Gasteiger partial charge is 0.268 e. The number of likely N-dealkylation sites (N-methyl/N-ethyl adjacent to an activating group) is 1. The lowest BCUT2D eigenvalue weighted by Crippen LogP contribution is -2.46. The number of carbonyl (C=O) groups excluding carboxylic acids is 1. The summed E-state index contributed by atoms with van der Waals surface area (Å²) in [6, 6.07) is -0.798. The molecule has 0 bridgehead atoms. The van der Waals surface area contributed by atoms with Crippen molar-refractivity contribution < 1.29 is 32.9 Å². The zero-order chi connectivity index (χ0) is 63.4. The highest BCUT2D eigenvalue weighted by Gasteiger charge is 2.24. The second kappa shape index (κ2) is 69.6. The van der Waals surface area contributed by atoms with Crippen LogP contribution in [0.15, 0.2) is 12.2 Å². The first-order chi connectivity index (χ1) is 42.5. The van der Waals surface area contributed by atoms with Crippen molar-refractivity contribution in [2.45, 2.75) is 443 Å². The van der Waals surface area contributed by atoms with E-state index in [1.165, 1.54) is 366 Å². The first-order valence-electron chi connectivity index (χ1n) is 39.5. The molecule has 0 aromatic rings. The summed E-state index contributed by atoms with van der Waals surface area (Å²) in [4.78, 5) is 25.7. The van der Waals surface area contributed by atoms with Gasteiger partial charge in [0.15, 0.2) is 0 Å². The van der Waals surface area contributed by atoms with Crippen LogP contribution in [-0.4, -0.2) is 68.5 Å². The van der Waals surface area contributed by atoms with Crippen LogP contribution in [0.4, 0.5) is 0 Å². The van der Waals surface area contributed by atoms with Gasteiger partial charge in [-0.05, 0) is 38.5 Å². The monoisotopic (exact) mass is 1250 g/mol. The number of phosphoric ester groups is 1. The number of carbonyl (C=O) groups is 1. The zero-order valence-corrected chi connectivity index (χ0v) is 60.7. The highest BCUT2D eigenvalue weighted by atomic mass is 31.2. The minimum atomic E-state index is -4.58. The molecular weight excluding hydrogens is 1090 g/mol. The molecule has 0 heterocycles. The van der Waals surface area contributed by atoms with Crippen molar-refractivity contribution in [1.82, 2.24) is 5.32 Å². The van der Waals surface area contributed by atoms with Gasteiger partial charge in [-0.15, -0.1) is 0 Å². The summed E-state index contributed by atoms with van der Waals surface area (Å²) in [6.07, 6.45) is 90.5. The van der Waals surface area contributed by atoms with Crippen molar-refractivity contribution in [1.29, 1.82) is 0 Å². The van der Waals surface area contributed by atoms with Gasteiger partial charge in [0, 0.05) is 6.42 Å². The summed E-state index contributed by atoms with van der Waals surface area (Å²) in [7, 11) is 1.33. The molecular formula is C78H157N2O6P. The lowest BCUT2D eigenvalue weighted by molar-refractivity contribution is -0.870. The molecule has 0 aliphatic heterocycles. The second-order valence-electron chi connectivity index (χ2n) is 28.8. The molecule has 0 aromatic carbocycles. The molecule has 0 radical (unpaired) electrons. The fourth-order valence-electron chi connectivity index (χ4n) is 12.6. The first-order valence-corrected chi connectivity index (χ1v) is 41.0. The standard InChI is InChI=1S/C78H157N2O6P/c1-6-8-10-12-14-16-18-20-22-24-26-28-30-32-33-34-35-36-37-38-39-40-41-42-43-44-45-46-47-48-50-52-54-56-58-60-62-64-66-68-70-72-78(82)79-76(75-86-87(83,84)85-74-73-80(3,4)5)77(81)71-69-67-65-63-61-59-57-55-53-51-49-31-29-27-25-23-21-19-17-15-13-11-9-7-2/h24,26,76-77,81H,6-23,25,27-75H2,1-5H3,(H-,79,82,83,84)/b26-24-. The van der Waals surface area contributed by atoms with Crippen molar-refractivity contribution in [2.24, 2.45) is 0 Å². The van der Waals surface area contributed by atoms with Crippen LogP contribution in [0.1, 0.15) is 431 Å². The average molecular weight is 1250 g/mol. The van der Waals surface area contributed by atoms with Crippen LogP contribution in [0.2, 0.25) is 0 Å². The van der Waals surface area contributed by atoms with E-state index < -0.39 is 20.0 Å². The fraction of sp³-hybridized carbons (Fsp3) is 0.962. The number of nitrogens with zero attached hydrogens (tertiary/aromatic N) is 1. The molecule has 0 aliphatic rings. The van der Waals surface area contributed by atoms with E-state index in [0.29, 0.717) is 23.9 Å². The minimum absolute atomic E-state index is 0.0165. The van der Waals surface area contributed by atoms with Crippen LogP contribution >= 0.6 is 7.82 Å². The molecule has 8 nitrogen and oxygen atoms in total. The van der Waals surface area contributed by atoms with Gasteiger partial charge in [-0.25, -0.2) is 0 Å². The number of phosphoric acid groups is 1. The predicted molar refractivity (Wildman–Crippen MR) is 381 cm³/mol. The van der Waals surface area contributed by atoms with Crippen molar-refractivity contribution in [3.05, 3.63) is 12.2 Å². The summed E-state index contributed by atoms with van der Waals surface area (Å²) in [5.74, 6) is -0.153. The number of nitrogens with one attached hydrogen (secondary N) is 1. The maximum atomic E-state index is 13.1. The van der Waals surface area contributed by atoms with Crippen molar-refractivity contribution in [2.75, 3.05) is 40.9 Å². The quantitative estimate of drug-likeness (QED) is 0.0272. The number of hydrogen-bond acceptors (Lipinski definition) is 6. The van der Waals surface area contributed by atoms with Gasteiger partial charge in [0.2, 0.25) is 5.91 Å². The van der Waals surface area contributed by atoms with Crippen LogP contribution in [0.25, 0.3) is 0 Å². The summed E-state index contributed by atoms with van der Waals surface area (Å²) in [5, 5.41) is 14.1. The van der Waals surface area contributed by atoms with Crippen LogP contribution in [0.3, 0.4) is 0 Å². The van der Waals surface area contributed by atoms with E-state index in [4.69, 9.17) is 9.05 Å². The number of aliphatic hydroxyl groups excluding tert-OH is 1. The highest BCUT2D eigenvalue weighted by molar-refractivity contribution is 7.45. The van der Waals surface area contributed by atoms with E-state index in [2.05, 4.69) is 31.3 Å². The molecule has 0 aromatic heterocycles. The number of hydrogen-bond donors (Lipinski definition) is 2. The molecule has 0 saturated carbocycles. The number of allylic oxidation sites excluding steroid dienone is 2. The van der Waals surface area contributed by atoms with Crippen LogP contribution in [0, 0.1) is 0 Å². The molecule has 2 N–H and O–H groups in total. The van der Waals surface area contributed by atoms with Gasteiger partial charge < -0.3 is 28.8 Å². The molecule has 3 unspecified atom stereocenters. The summed E-state index contributed by atoms with van der Waals surface area (Å²) in [5.41, 5.74) is 0. The van der Waals surface area contributed by atoms with Crippen LogP contribution in [-0.2, 0) is 18.4 Å². The Bertz CT molecular complexity index is 1420. The SMILES string of the molecule is CCCCCCCCCC/C=C\CCCCCCCCCCCCCCCCCCCCCCCCCCCCCCCC(=O)NC(COP(=O)([O-])OCC[N+](C)(C)C)C(O)CCCCCCCCCCCCCCCCCCCCCCCCCC. The normalized spacial score (nSPS) is 13.5. The molecule has 3 atom stereocenters. The minimum Gasteiger partial charge on any atom is -0.756 e. The van der Waals surface area contributed by atoms with Gasteiger partial charge in [0.25, 0.3) is 7.82 Å². The third-order valence-electron chi connectivity index (χ3n) is 18.8. The Morgan fingerprint density at radius 3 is 0.897 bits per heavy atom. The summed E-state index contributed by atoms with van der Waals surface area (Å²) in [6.45, 7) is 4.80. The lowest BCUT2D eigenvalue weighted by atomic mass is 10.0. The van der Waals surface area contributed by atoms with Gasteiger partial charge in [-0.2, -0.15) is 0 Å². The van der Waals surface area contributed by atoms with Crippen molar-refractivity contribution >= 4 is 13.7 Å². The van der Waals surface area contributed by atoms with Gasteiger partial charge in [0.05, 0.1) is 39.9 Å². The Labute approximate surface area is 545 Å². The van der Waals surface area contributed by atoms with Crippen molar-refractivity contribution in [3.63, 3.8) is 0 Å². The predicted octanol–water partition coefficient (Wildman–Crippen LogP) is 25.0. The van der Waals surface area contributed by atoms with E-state index >= 15 is 0 Å². The Morgan fingerprint density at radius 2 is 0.632 bits per heavy atom. The number of quaternary nitrogens is 1. The third kappa shape index (κ3) is 72.5. The molecule has 0 rings (SSSR count). The van der Waals surface area contributed by atoms with E-state index in [1.54, 1.807) is 0 Å². The Hall–Kier alpha value is -0.760. The van der Waals surface area contributed by atoms with Gasteiger partial charge in [-0.3, -0.25) is 9.36 Å². The molecule has 0 spiro atoms. The molecule has 0 saturated heterocycles. The van der Waals surface area contributed by atoms with E-state index in [-0.39, 0.29) is 19.1 Å². The maximum absolute atomic E-state index is 13.1. The number of unbranched alkanes of at least 4 members (excludes halogenated alkanes) is 60. The van der Waals surface area contributed by atoms with E-state index in [0.717, 1.165) is 38.5 Å². The zero-order valence-electron chi connectivity index (χ0n) is 59.8. The van der Waals surface area contributed by atoms with Gasteiger partial charge in [0.1, 0.15) is 13.2 Å². The van der Waals surface area contributed by atoms with Gasteiger partial charge >= 0.3 is 0 Å². The lowest BCUT2D eigenvalue weighted by Gasteiger charge is -2.30. The molecule has 0 aliphatic carbocycles. The maximum Gasteiger partial charge on any atom is 0.268 e. The summed E-state index contributed by atoms with van der Waals surface area (Å²) < 4.78 is 23.6. The second-order valence-corrected chi connectivity index (χ2v) is 30.2. The molecule has 1 amide bonds. The third-order valence-corrected chi connectivity index (χ3v) is 19.7. The Kier molecular flexibility index (Phi) is 69.0. The van der Waals surface area contributed by atoms with E-state index in [9.17, 15) is 19.4 Å². The first kappa shape index (κ1) is 86.2. The molecule has 0 fully saturated rings. The van der Waals surface area contributed by atoms with E-state index in [1.807, 2.05) is 21.1 Å². The van der Waals surface area contributed by atoms with Crippen LogP contribution in [0.5, 0.6) is 0 Å². The fourth-order valence-corrected chi connectivity index (χ4v) is 13.4. The number of amides is 1. The largest absolute Gasteiger partial charge is 0.756 e.